The molecule has 0 saturated carbocycles. The molecule has 124 valence electrons. The van der Waals surface area contributed by atoms with Crippen molar-refractivity contribution in [3.05, 3.63) is 21.5 Å². The molecule has 9 heteroatoms. The summed E-state index contributed by atoms with van der Waals surface area (Å²) in [6, 6.07) is 0.0182. The quantitative estimate of drug-likeness (QED) is 0.558. The third-order valence-corrected chi connectivity index (χ3v) is 3.81. The maximum atomic E-state index is 12.3. The van der Waals surface area contributed by atoms with Gasteiger partial charge in [0.1, 0.15) is 5.69 Å². The van der Waals surface area contributed by atoms with Gasteiger partial charge < -0.3 is 10.6 Å². The summed E-state index contributed by atoms with van der Waals surface area (Å²) < 4.78 is 0. The lowest BCUT2D eigenvalue weighted by atomic mass is 9.95. The van der Waals surface area contributed by atoms with Gasteiger partial charge in [0.05, 0.1) is 4.92 Å². The van der Waals surface area contributed by atoms with Crippen molar-refractivity contribution in [1.29, 1.82) is 0 Å². The van der Waals surface area contributed by atoms with Crippen molar-refractivity contribution in [2.45, 2.75) is 39.2 Å². The Morgan fingerprint density at radius 3 is 2.86 bits per heavy atom. The van der Waals surface area contributed by atoms with Crippen LogP contribution >= 0.6 is 12.4 Å². The predicted octanol–water partition coefficient (Wildman–Crippen LogP) is 1.42. The van der Waals surface area contributed by atoms with Crippen LogP contribution in [0, 0.1) is 16.0 Å². The van der Waals surface area contributed by atoms with E-state index in [1.54, 1.807) is 0 Å². The smallest absolute Gasteiger partial charge is 0.322 e. The van der Waals surface area contributed by atoms with E-state index in [0.29, 0.717) is 12.1 Å². The summed E-state index contributed by atoms with van der Waals surface area (Å²) in [6.07, 6.45) is 2.06. The summed E-state index contributed by atoms with van der Waals surface area (Å²) in [5.74, 6) is -0.185. The number of nitrogens with one attached hydrogen (secondary N) is 3. The van der Waals surface area contributed by atoms with E-state index in [4.69, 9.17) is 0 Å². The Morgan fingerprint density at radius 2 is 2.27 bits per heavy atom. The number of nitro groups is 1. The molecule has 2 rings (SSSR count). The minimum Gasteiger partial charge on any atom is -0.347 e. The second-order valence-electron chi connectivity index (χ2n) is 5.46. The maximum Gasteiger partial charge on any atom is 0.322 e. The first kappa shape index (κ1) is 18.4. The summed E-state index contributed by atoms with van der Waals surface area (Å²) in [5, 5.41) is 23.8. The summed E-state index contributed by atoms with van der Waals surface area (Å²) in [6.45, 7) is 5.62. The van der Waals surface area contributed by atoms with Crippen LogP contribution in [-0.2, 0) is 6.42 Å². The van der Waals surface area contributed by atoms with Crippen LogP contribution in [0.1, 0.15) is 42.9 Å². The average Bonchev–Trinajstić information content (AvgIpc) is 2.86. The minimum atomic E-state index is -0.532. The molecule has 0 aliphatic carbocycles. The molecule has 3 N–H and O–H groups in total. The minimum absolute atomic E-state index is 0. The molecule has 1 aliphatic rings. The monoisotopic (exact) mass is 331 g/mol. The van der Waals surface area contributed by atoms with Crippen LogP contribution in [0.5, 0.6) is 0 Å². The number of amides is 1. The first-order valence-corrected chi connectivity index (χ1v) is 7.27. The lowest BCUT2D eigenvalue weighted by Gasteiger charge is -2.29. The summed E-state index contributed by atoms with van der Waals surface area (Å²) in [7, 11) is 0. The van der Waals surface area contributed by atoms with Gasteiger partial charge in [-0.1, -0.05) is 20.3 Å². The van der Waals surface area contributed by atoms with Crippen molar-refractivity contribution in [2.75, 3.05) is 13.1 Å². The molecule has 1 fully saturated rings. The standard InChI is InChI=1S/C13H21N5O3.ClH/c1-3-4-10-12(18(20)21)11(17-16-10)13(19)15-9-5-6-14-7-8(9)2;/h8-9,14H,3-7H2,1-2H3,(H,15,19)(H,16,17);1H. The Kier molecular flexibility index (Phi) is 6.76. The predicted molar refractivity (Wildman–Crippen MR) is 84.4 cm³/mol. The number of H-pyrrole nitrogens is 1. The number of hydrogen-bond donors (Lipinski definition) is 3. The largest absolute Gasteiger partial charge is 0.347 e. The van der Waals surface area contributed by atoms with Crippen LogP contribution in [0.2, 0.25) is 0 Å². The lowest BCUT2D eigenvalue weighted by Crippen LogP contribution is -2.48. The zero-order valence-electron chi connectivity index (χ0n) is 12.7. The Hall–Kier alpha value is -1.67. The van der Waals surface area contributed by atoms with Crippen molar-refractivity contribution in [3.63, 3.8) is 0 Å². The van der Waals surface area contributed by atoms with Crippen molar-refractivity contribution >= 4 is 24.0 Å². The van der Waals surface area contributed by atoms with Crippen molar-refractivity contribution in [1.82, 2.24) is 20.8 Å². The Balaban J connectivity index is 0.00000242. The van der Waals surface area contributed by atoms with Crippen molar-refractivity contribution < 1.29 is 9.72 Å². The van der Waals surface area contributed by atoms with Gasteiger partial charge in [-0.05, 0) is 31.8 Å². The molecule has 2 heterocycles. The van der Waals surface area contributed by atoms with Gasteiger partial charge in [-0.25, -0.2) is 0 Å². The number of hydrogen-bond acceptors (Lipinski definition) is 5. The molecule has 0 bridgehead atoms. The number of aromatic amines is 1. The first-order chi connectivity index (χ1) is 10.0. The number of halogens is 1. The van der Waals surface area contributed by atoms with Gasteiger partial charge in [-0.15, -0.1) is 12.4 Å². The van der Waals surface area contributed by atoms with Gasteiger partial charge in [0, 0.05) is 6.04 Å². The highest BCUT2D eigenvalue weighted by atomic mass is 35.5. The second-order valence-corrected chi connectivity index (χ2v) is 5.46. The Morgan fingerprint density at radius 1 is 1.55 bits per heavy atom. The molecule has 1 aromatic rings. The highest BCUT2D eigenvalue weighted by molar-refractivity contribution is 5.96. The highest BCUT2D eigenvalue weighted by Crippen LogP contribution is 2.23. The fourth-order valence-corrected chi connectivity index (χ4v) is 2.62. The fourth-order valence-electron chi connectivity index (χ4n) is 2.62. The number of rotatable bonds is 5. The summed E-state index contributed by atoms with van der Waals surface area (Å²) in [5.41, 5.74) is 0.0936. The number of aromatic nitrogens is 2. The topological polar surface area (TPSA) is 113 Å². The Labute approximate surface area is 135 Å². The SMILES string of the molecule is CCCc1[nH]nc(C(=O)NC2CCNCC2C)c1[N+](=O)[O-].Cl. The van der Waals surface area contributed by atoms with E-state index in [9.17, 15) is 14.9 Å². The van der Waals surface area contributed by atoms with E-state index in [0.717, 1.165) is 25.9 Å². The van der Waals surface area contributed by atoms with E-state index < -0.39 is 10.8 Å². The van der Waals surface area contributed by atoms with Crippen LogP contribution in [0.15, 0.2) is 0 Å². The number of aryl methyl sites for hydroxylation is 1. The number of carbonyl (C=O) groups is 1. The van der Waals surface area contributed by atoms with E-state index in [2.05, 4.69) is 20.8 Å². The molecule has 0 spiro atoms. The van der Waals surface area contributed by atoms with Gasteiger partial charge in [0.2, 0.25) is 5.69 Å². The van der Waals surface area contributed by atoms with Crippen LogP contribution in [0.25, 0.3) is 0 Å². The molecule has 2 atom stereocenters. The summed E-state index contributed by atoms with van der Waals surface area (Å²) in [4.78, 5) is 22.9. The van der Waals surface area contributed by atoms with Gasteiger partial charge in [0.25, 0.3) is 5.91 Å². The highest BCUT2D eigenvalue weighted by Gasteiger charge is 2.31. The number of piperidine rings is 1. The fraction of sp³-hybridized carbons (Fsp3) is 0.692. The molecule has 0 aromatic carbocycles. The number of carbonyl (C=O) groups excluding carboxylic acids is 1. The van der Waals surface area contributed by atoms with E-state index in [-0.39, 0.29) is 35.7 Å². The third-order valence-electron chi connectivity index (χ3n) is 3.81. The van der Waals surface area contributed by atoms with Gasteiger partial charge >= 0.3 is 5.69 Å². The molecular weight excluding hydrogens is 310 g/mol. The molecule has 2 unspecified atom stereocenters. The second kappa shape index (κ2) is 8.09. The normalized spacial score (nSPS) is 21.0. The van der Waals surface area contributed by atoms with Gasteiger partial charge in [0.15, 0.2) is 0 Å². The van der Waals surface area contributed by atoms with Crippen LogP contribution in [0.4, 0.5) is 5.69 Å². The summed E-state index contributed by atoms with van der Waals surface area (Å²) >= 11 is 0. The van der Waals surface area contributed by atoms with Gasteiger partial charge in [-0.3, -0.25) is 20.0 Å². The lowest BCUT2D eigenvalue weighted by molar-refractivity contribution is -0.385. The molecule has 0 radical (unpaired) electrons. The van der Waals surface area contributed by atoms with Crippen LogP contribution in [-0.4, -0.2) is 40.2 Å². The molecule has 1 aliphatic heterocycles. The van der Waals surface area contributed by atoms with E-state index >= 15 is 0 Å². The van der Waals surface area contributed by atoms with Gasteiger partial charge in [-0.2, -0.15) is 5.10 Å². The van der Waals surface area contributed by atoms with E-state index in [1.807, 2.05) is 13.8 Å². The average molecular weight is 332 g/mol. The maximum absolute atomic E-state index is 12.3. The molecule has 1 amide bonds. The zero-order valence-corrected chi connectivity index (χ0v) is 13.5. The molecule has 1 saturated heterocycles. The molecular formula is C13H22ClN5O3. The molecule has 1 aromatic heterocycles. The molecule has 22 heavy (non-hydrogen) atoms. The van der Waals surface area contributed by atoms with Crippen LogP contribution in [0.3, 0.4) is 0 Å². The van der Waals surface area contributed by atoms with Crippen molar-refractivity contribution in [3.8, 4) is 0 Å². The Bertz CT molecular complexity index is 534. The molecule has 8 nitrogen and oxygen atoms in total. The zero-order chi connectivity index (χ0) is 15.4. The third kappa shape index (κ3) is 3.95. The first-order valence-electron chi connectivity index (χ1n) is 7.27. The van der Waals surface area contributed by atoms with Crippen LogP contribution < -0.4 is 10.6 Å². The van der Waals surface area contributed by atoms with E-state index in [1.165, 1.54) is 0 Å². The number of nitrogens with zero attached hydrogens (tertiary/aromatic N) is 2. The van der Waals surface area contributed by atoms with Crippen molar-refractivity contribution in [2.24, 2.45) is 5.92 Å².